The molecule has 0 unspecified atom stereocenters. The Bertz CT molecular complexity index is 1010. The predicted molar refractivity (Wildman–Crippen MR) is 80.6 cm³/mol. The van der Waals surface area contributed by atoms with Gasteiger partial charge in [-0.15, -0.1) is 0 Å². The number of pyridine rings is 1. The molecule has 0 saturated heterocycles. The van der Waals surface area contributed by atoms with Gasteiger partial charge >= 0.3 is 5.97 Å². The monoisotopic (exact) mass is 333 g/mol. The summed E-state index contributed by atoms with van der Waals surface area (Å²) >= 11 is 0. The van der Waals surface area contributed by atoms with Gasteiger partial charge in [-0.1, -0.05) is 30.3 Å². The van der Waals surface area contributed by atoms with Crippen molar-refractivity contribution in [2.24, 2.45) is 0 Å². The first-order valence-electron chi connectivity index (χ1n) is 6.88. The summed E-state index contributed by atoms with van der Waals surface area (Å²) in [6.45, 7) is -0.0140. The molecule has 0 radical (unpaired) electrons. The third-order valence-electron chi connectivity index (χ3n) is 3.62. The van der Waals surface area contributed by atoms with Gasteiger partial charge in [-0.25, -0.2) is 18.0 Å². The number of aromatic nitrogens is 1. The Morgan fingerprint density at radius 1 is 1.08 bits per heavy atom. The lowest BCUT2D eigenvalue weighted by Gasteiger charge is -2.14. The van der Waals surface area contributed by atoms with Gasteiger partial charge in [-0.3, -0.25) is 4.79 Å². The zero-order chi connectivity index (χ0) is 17.4. The molecule has 0 amide bonds. The van der Waals surface area contributed by atoms with Crippen molar-refractivity contribution in [2.75, 3.05) is 0 Å². The Hall–Kier alpha value is -3.09. The SMILES string of the molecule is O=C(O)c1cn(Cc2ccccc2)c2c(F)c(F)c(F)cc2c1=O. The van der Waals surface area contributed by atoms with E-state index in [1.54, 1.807) is 30.3 Å². The van der Waals surface area contributed by atoms with Crippen molar-refractivity contribution in [3.05, 3.63) is 81.4 Å². The standard InChI is InChI=1S/C17H10F3NO3/c18-12-6-10-15(14(20)13(12)19)21(7-9-4-2-1-3-5-9)8-11(16(10)22)17(23)24/h1-6,8H,7H2,(H,23,24). The largest absolute Gasteiger partial charge is 0.477 e. The lowest BCUT2D eigenvalue weighted by Crippen LogP contribution is -2.20. The third kappa shape index (κ3) is 2.54. The highest BCUT2D eigenvalue weighted by Crippen LogP contribution is 2.22. The molecule has 4 nitrogen and oxygen atoms in total. The summed E-state index contributed by atoms with van der Waals surface area (Å²) < 4.78 is 42.4. The van der Waals surface area contributed by atoms with Crippen LogP contribution in [0.4, 0.5) is 13.2 Å². The summed E-state index contributed by atoms with van der Waals surface area (Å²) in [6, 6.07) is 9.10. The molecule has 7 heteroatoms. The Kier molecular flexibility index (Phi) is 3.84. The van der Waals surface area contributed by atoms with Crippen molar-refractivity contribution in [1.29, 1.82) is 0 Å². The molecule has 0 aliphatic carbocycles. The molecule has 3 rings (SSSR count). The van der Waals surface area contributed by atoms with Gasteiger partial charge in [0.2, 0.25) is 5.43 Å². The highest BCUT2D eigenvalue weighted by molar-refractivity contribution is 5.92. The molecular weight excluding hydrogens is 323 g/mol. The first kappa shape index (κ1) is 15.8. The number of carboxylic acids is 1. The number of aromatic carboxylic acids is 1. The molecule has 0 aliphatic rings. The summed E-state index contributed by atoms with van der Waals surface area (Å²) in [7, 11) is 0. The number of carboxylic acid groups (broad SMARTS) is 1. The Labute approximate surface area is 133 Å². The molecule has 3 aromatic rings. The lowest BCUT2D eigenvalue weighted by atomic mass is 10.1. The van der Waals surface area contributed by atoms with E-state index in [0.29, 0.717) is 11.6 Å². The van der Waals surface area contributed by atoms with Crippen LogP contribution in [-0.4, -0.2) is 15.6 Å². The second-order valence-electron chi connectivity index (χ2n) is 5.17. The number of fused-ring (bicyclic) bond motifs is 1. The molecule has 0 bridgehead atoms. The van der Waals surface area contributed by atoms with Gasteiger partial charge in [-0.2, -0.15) is 0 Å². The fourth-order valence-corrected chi connectivity index (χ4v) is 2.52. The maximum atomic E-state index is 14.2. The minimum Gasteiger partial charge on any atom is -0.477 e. The van der Waals surface area contributed by atoms with Gasteiger partial charge < -0.3 is 9.67 Å². The third-order valence-corrected chi connectivity index (χ3v) is 3.62. The zero-order valence-corrected chi connectivity index (χ0v) is 12.1. The van der Waals surface area contributed by atoms with E-state index in [-0.39, 0.29) is 6.54 Å². The molecule has 0 atom stereocenters. The zero-order valence-electron chi connectivity index (χ0n) is 12.1. The number of hydrogen-bond acceptors (Lipinski definition) is 2. The molecule has 0 fully saturated rings. The number of carbonyl (C=O) groups is 1. The Morgan fingerprint density at radius 2 is 1.75 bits per heavy atom. The van der Waals surface area contributed by atoms with E-state index in [2.05, 4.69) is 0 Å². The second kappa shape index (κ2) is 5.84. The van der Waals surface area contributed by atoms with Crippen molar-refractivity contribution in [1.82, 2.24) is 4.57 Å². The van der Waals surface area contributed by atoms with Crippen molar-refractivity contribution in [3.8, 4) is 0 Å². The topological polar surface area (TPSA) is 59.3 Å². The smallest absolute Gasteiger partial charge is 0.341 e. The lowest BCUT2D eigenvalue weighted by molar-refractivity contribution is 0.0695. The quantitative estimate of drug-likeness (QED) is 0.749. The highest BCUT2D eigenvalue weighted by Gasteiger charge is 2.22. The fraction of sp³-hybridized carbons (Fsp3) is 0.0588. The number of benzene rings is 2. The molecule has 1 N–H and O–H groups in total. The van der Waals surface area contributed by atoms with Crippen LogP contribution in [-0.2, 0) is 6.54 Å². The van der Waals surface area contributed by atoms with E-state index >= 15 is 0 Å². The van der Waals surface area contributed by atoms with E-state index in [9.17, 15) is 22.8 Å². The first-order valence-corrected chi connectivity index (χ1v) is 6.88. The van der Waals surface area contributed by atoms with Crippen LogP contribution in [0.25, 0.3) is 10.9 Å². The molecule has 122 valence electrons. The van der Waals surface area contributed by atoms with Gasteiger partial charge in [0.1, 0.15) is 5.56 Å². The van der Waals surface area contributed by atoms with E-state index in [1.807, 2.05) is 0 Å². The maximum Gasteiger partial charge on any atom is 0.341 e. The fourth-order valence-electron chi connectivity index (χ4n) is 2.52. The van der Waals surface area contributed by atoms with Crippen LogP contribution < -0.4 is 5.43 Å². The van der Waals surface area contributed by atoms with Gasteiger partial charge in [0.05, 0.1) is 10.9 Å². The van der Waals surface area contributed by atoms with E-state index in [0.717, 1.165) is 10.8 Å². The molecule has 0 saturated carbocycles. The minimum atomic E-state index is -1.72. The Morgan fingerprint density at radius 3 is 2.38 bits per heavy atom. The first-order chi connectivity index (χ1) is 11.4. The van der Waals surface area contributed by atoms with Crippen LogP contribution in [0.3, 0.4) is 0 Å². The number of hydrogen-bond donors (Lipinski definition) is 1. The van der Waals surface area contributed by atoms with Crippen molar-refractivity contribution >= 4 is 16.9 Å². The van der Waals surface area contributed by atoms with Crippen LogP contribution >= 0.6 is 0 Å². The number of nitrogens with zero attached hydrogens (tertiary/aromatic N) is 1. The van der Waals surface area contributed by atoms with Crippen molar-refractivity contribution in [3.63, 3.8) is 0 Å². The minimum absolute atomic E-state index is 0.0140. The molecule has 2 aromatic carbocycles. The van der Waals surface area contributed by atoms with E-state index in [4.69, 9.17) is 5.11 Å². The van der Waals surface area contributed by atoms with E-state index in [1.165, 1.54) is 0 Å². The Balaban J connectivity index is 2.38. The summed E-state index contributed by atoms with van der Waals surface area (Å²) in [6.07, 6.45) is 0.931. The van der Waals surface area contributed by atoms with Crippen LogP contribution in [0, 0.1) is 17.5 Å². The predicted octanol–water partition coefficient (Wildman–Crippen LogP) is 3.17. The summed E-state index contributed by atoms with van der Waals surface area (Å²) in [4.78, 5) is 23.4. The molecule has 0 aliphatic heterocycles. The maximum absolute atomic E-state index is 14.2. The number of rotatable bonds is 3. The van der Waals surface area contributed by atoms with Gasteiger partial charge in [0.15, 0.2) is 17.5 Å². The van der Waals surface area contributed by atoms with Crippen LogP contribution in [0.1, 0.15) is 15.9 Å². The normalized spacial score (nSPS) is 11.0. The summed E-state index contributed by atoms with van der Waals surface area (Å²) in [5.74, 6) is -6.33. The van der Waals surface area contributed by atoms with Crippen molar-refractivity contribution in [2.45, 2.75) is 6.54 Å². The van der Waals surface area contributed by atoms with Gasteiger partial charge in [-0.05, 0) is 11.6 Å². The van der Waals surface area contributed by atoms with E-state index < -0.39 is 45.3 Å². The molecule has 24 heavy (non-hydrogen) atoms. The van der Waals surface area contributed by atoms with Crippen LogP contribution in [0.15, 0.2) is 47.4 Å². The molecule has 0 spiro atoms. The highest BCUT2D eigenvalue weighted by atomic mass is 19.2. The second-order valence-corrected chi connectivity index (χ2v) is 5.17. The average Bonchev–Trinajstić information content (AvgIpc) is 2.56. The molecular formula is C17H10F3NO3. The molecule has 1 aromatic heterocycles. The van der Waals surface area contributed by atoms with Gasteiger partial charge in [0, 0.05) is 12.7 Å². The van der Waals surface area contributed by atoms with Gasteiger partial charge in [0.25, 0.3) is 0 Å². The van der Waals surface area contributed by atoms with Crippen LogP contribution in [0.2, 0.25) is 0 Å². The van der Waals surface area contributed by atoms with Crippen molar-refractivity contribution < 1.29 is 23.1 Å². The summed E-state index contributed by atoms with van der Waals surface area (Å²) in [5, 5.41) is 8.61. The summed E-state index contributed by atoms with van der Waals surface area (Å²) in [5.41, 5.74) is -1.53. The average molecular weight is 333 g/mol. The molecule has 1 heterocycles. The van der Waals surface area contributed by atoms with Crippen LogP contribution in [0.5, 0.6) is 0 Å². The number of halogens is 3.